The third-order valence-corrected chi connectivity index (χ3v) is 11.1. The summed E-state index contributed by atoms with van der Waals surface area (Å²) in [7, 11) is -1.99. The summed E-state index contributed by atoms with van der Waals surface area (Å²) in [5.41, 5.74) is 3.18. The maximum Gasteiger partial charge on any atom is 0.246 e. The van der Waals surface area contributed by atoms with Gasteiger partial charge in [0.15, 0.2) is 5.76 Å². The van der Waals surface area contributed by atoms with Crippen LogP contribution in [0.3, 0.4) is 0 Å². The number of methoxy groups -OCH3 is 1. The quantitative estimate of drug-likeness (QED) is 0.173. The molecule has 4 aromatic rings. The van der Waals surface area contributed by atoms with Crippen molar-refractivity contribution in [2.24, 2.45) is 11.8 Å². The van der Waals surface area contributed by atoms with E-state index in [1.165, 1.54) is 19.3 Å². The van der Waals surface area contributed by atoms with E-state index >= 15 is 0 Å². The number of anilines is 1. The lowest BCUT2D eigenvalue weighted by atomic mass is 9.76. The van der Waals surface area contributed by atoms with Gasteiger partial charge in [-0.25, -0.2) is 23.1 Å². The predicted octanol–water partition coefficient (Wildman–Crippen LogP) is 6.79. The molecule has 2 fully saturated rings. The Morgan fingerprint density at radius 1 is 1.02 bits per heavy atom. The number of hydrogen-bond donors (Lipinski definition) is 3. The minimum absolute atomic E-state index is 0.0347. The summed E-state index contributed by atoms with van der Waals surface area (Å²) in [6, 6.07) is 6.23. The van der Waals surface area contributed by atoms with Crippen LogP contribution >= 0.6 is 11.6 Å². The Hall–Kier alpha value is -3.15. The lowest BCUT2D eigenvalue weighted by Gasteiger charge is -2.34. The Morgan fingerprint density at radius 2 is 1.72 bits per heavy atom. The minimum Gasteiger partial charge on any atom is -0.495 e. The standard InChI is InChI=1S/C31H39ClN6O4S/c1-18-30(19(2)42-37-18)43(39,40)38-24-10-6-21(7-11-24)12-20-4-8-23(9-5-20)35-29-14-22(13-28(32)36-29)27-17-34-31-26(27)15-25(41-3)16-33-31/h13-17,20-21,23-24,38H,4-12H2,1-3H3,(H,33,34)(H,35,36). The Morgan fingerprint density at radius 3 is 2.37 bits per heavy atom. The number of aromatic amines is 1. The number of halogens is 1. The lowest BCUT2D eigenvalue weighted by molar-refractivity contribution is 0.224. The van der Waals surface area contributed by atoms with E-state index in [9.17, 15) is 8.42 Å². The van der Waals surface area contributed by atoms with E-state index in [1.54, 1.807) is 27.2 Å². The van der Waals surface area contributed by atoms with E-state index in [0.717, 1.165) is 66.5 Å². The fraction of sp³-hybridized carbons (Fsp3) is 0.516. The summed E-state index contributed by atoms with van der Waals surface area (Å²) in [5, 5.41) is 8.86. The van der Waals surface area contributed by atoms with Gasteiger partial charge in [0.05, 0.1) is 13.3 Å². The van der Waals surface area contributed by atoms with Gasteiger partial charge in [0.1, 0.15) is 33.0 Å². The topological polar surface area (TPSA) is 135 Å². The molecule has 0 radical (unpaired) electrons. The van der Waals surface area contributed by atoms with Gasteiger partial charge < -0.3 is 19.6 Å². The van der Waals surface area contributed by atoms with Crippen molar-refractivity contribution in [3.8, 4) is 16.9 Å². The first kappa shape index (κ1) is 29.9. The molecular formula is C31H39ClN6O4S. The summed E-state index contributed by atoms with van der Waals surface area (Å²) < 4.78 is 39.1. The van der Waals surface area contributed by atoms with Gasteiger partial charge in [0.2, 0.25) is 10.0 Å². The second-order valence-corrected chi connectivity index (χ2v) is 14.2. The molecule has 0 saturated heterocycles. The Labute approximate surface area is 257 Å². The second-order valence-electron chi connectivity index (χ2n) is 12.1. The van der Waals surface area contributed by atoms with Gasteiger partial charge in [0.25, 0.3) is 0 Å². The van der Waals surface area contributed by atoms with Crippen molar-refractivity contribution in [3.05, 3.63) is 47.2 Å². The highest BCUT2D eigenvalue weighted by Gasteiger charge is 2.31. The van der Waals surface area contributed by atoms with E-state index in [4.69, 9.17) is 20.9 Å². The molecule has 10 nitrogen and oxygen atoms in total. The van der Waals surface area contributed by atoms with E-state index in [1.807, 2.05) is 18.3 Å². The highest BCUT2D eigenvalue weighted by atomic mass is 35.5. The van der Waals surface area contributed by atoms with E-state index in [-0.39, 0.29) is 10.9 Å². The summed E-state index contributed by atoms with van der Waals surface area (Å²) in [5.74, 6) is 3.18. The molecule has 0 atom stereocenters. The van der Waals surface area contributed by atoms with Crippen molar-refractivity contribution in [3.63, 3.8) is 0 Å². The molecule has 6 rings (SSSR count). The fourth-order valence-electron chi connectivity index (χ4n) is 6.94. The zero-order chi connectivity index (χ0) is 30.1. The Bertz CT molecular complexity index is 1670. The predicted molar refractivity (Wildman–Crippen MR) is 167 cm³/mol. The van der Waals surface area contributed by atoms with E-state index in [2.05, 4.69) is 36.2 Å². The molecule has 12 heteroatoms. The number of H-pyrrole nitrogens is 1. The molecule has 43 heavy (non-hydrogen) atoms. The monoisotopic (exact) mass is 626 g/mol. The number of aryl methyl sites for hydroxylation is 2. The Balaban J connectivity index is 0.996. The van der Waals surface area contributed by atoms with Crippen LogP contribution in [0.1, 0.15) is 69.2 Å². The third kappa shape index (κ3) is 6.68. The van der Waals surface area contributed by atoms with Crippen molar-refractivity contribution in [1.82, 2.24) is 24.8 Å². The average Bonchev–Trinajstić information content (AvgIpc) is 3.56. The van der Waals surface area contributed by atoms with Gasteiger partial charge in [-0.05, 0) is 107 Å². The second kappa shape index (κ2) is 12.5. The summed E-state index contributed by atoms with van der Waals surface area (Å²) >= 11 is 6.46. The largest absolute Gasteiger partial charge is 0.495 e. The molecule has 0 bridgehead atoms. The normalized spacial score (nSPS) is 23.0. The minimum atomic E-state index is -3.62. The number of nitrogens with one attached hydrogen (secondary N) is 3. The van der Waals surface area contributed by atoms with Crippen LogP contribution in [-0.2, 0) is 10.0 Å². The number of hydrogen-bond acceptors (Lipinski definition) is 8. The molecule has 4 aromatic heterocycles. The molecule has 0 unspecified atom stereocenters. The van der Waals surface area contributed by atoms with Crippen LogP contribution in [0.5, 0.6) is 5.75 Å². The maximum absolute atomic E-state index is 12.9. The number of nitrogens with zero attached hydrogens (tertiary/aromatic N) is 3. The zero-order valence-electron chi connectivity index (χ0n) is 24.8. The first-order valence-corrected chi connectivity index (χ1v) is 17.0. The van der Waals surface area contributed by atoms with Gasteiger partial charge in [-0.2, -0.15) is 0 Å². The van der Waals surface area contributed by atoms with Crippen molar-refractivity contribution < 1.29 is 17.7 Å². The summed E-state index contributed by atoms with van der Waals surface area (Å²) in [6.07, 6.45) is 13.2. The summed E-state index contributed by atoms with van der Waals surface area (Å²) in [6.45, 7) is 3.30. The van der Waals surface area contributed by atoms with Gasteiger partial charge >= 0.3 is 0 Å². The van der Waals surface area contributed by atoms with E-state index < -0.39 is 10.0 Å². The number of sulfonamides is 1. The van der Waals surface area contributed by atoms with Crippen LogP contribution in [0.4, 0.5) is 5.82 Å². The smallest absolute Gasteiger partial charge is 0.246 e. The molecule has 0 spiro atoms. The number of ether oxygens (including phenoxy) is 1. The van der Waals surface area contributed by atoms with Crippen LogP contribution in [0.2, 0.25) is 5.15 Å². The number of aromatic nitrogens is 4. The van der Waals surface area contributed by atoms with Gasteiger partial charge in [-0.1, -0.05) is 16.8 Å². The summed E-state index contributed by atoms with van der Waals surface area (Å²) in [4.78, 5) is 12.4. The molecule has 3 N–H and O–H groups in total. The van der Waals surface area contributed by atoms with Crippen molar-refractivity contribution in [1.29, 1.82) is 0 Å². The van der Waals surface area contributed by atoms with Gasteiger partial charge in [-0.15, -0.1) is 0 Å². The van der Waals surface area contributed by atoms with Crippen LogP contribution in [0.15, 0.2) is 40.0 Å². The molecule has 0 aromatic carbocycles. The van der Waals surface area contributed by atoms with E-state index in [0.29, 0.717) is 40.2 Å². The van der Waals surface area contributed by atoms with Crippen LogP contribution in [0, 0.1) is 25.7 Å². The molecule has 0 aliphatic heterocycles. The number of pyridine rings is 2. The molecular weight excluding hydrogens is 588 g/mol. The fourth-order valence-corrected chi connectivity index (χ4v) is 8.78. The highest BCUT2D eigenvalue weighted by molar-refractivity contribution is 7.89. The molecule has 230 valence electrons. The molecule has 0 amide bonds. The van der Waals surface area contributed by atoms with Crippen molar-refractivity contribution >= 4 is 38.5 Å². The molecule has 2 saturated carbocycles. The van der Waals surface area contributed by atoms with Crippen molar-refractivity contribution in [2.45, 2.75) is 88.6 Å². The first-order chi connectivity index (χ1) is 20.7. The number of rotatable bonds is 9. The average molecular weight is 627 g/mol. The van der Waals surface area contributed by atoms with Gasteiger partial charge in [0, 0.05) is 29.2 Å². The van der Waals surface area contributed by atoms with Crippen LogP contribution < -0.4 is 14.8 Å². The van der Waals surface area contributed by atoms with Gasteiger partial charge in [-0.3, -0.25) is 0 Å². The van der Waals surface area contributed by atoms with Crippen molar-refractivity contribution in [2.75, 3.05) is 12.4 Å². The molecule has 2 aliphatic carbocycles. The zero-order valence-corrected chi connectivity index (χ0v) is 26.4. The maximum atomic E-state index is 12.9. The lowest BCUT2D eigenvalue weighted by Crippen LogP contribution is -2.38. The van der Waals surface area contributed by atoms with Crippen LogP contribution in [0.25, 0.3) is 22.2 Å². The molecule has 2 aliphatic rings. The van der Waals surface area contributed by atoms with Crippen LogP contribution in [-0.4, -0.2) is 47.7 Å². The Kier molecular flexibility index (Phi) is 8.66. The SMILES string of the molecule is COc1cnc2[nH]cc(-c3cc(Cl)nc(NC4CCC(CC5CCC(NS(=O)(=O)c6c(C)noc6C)CC5)CC4)c3)c2c1. The molecule has 4 heterocycles. The highest BCUT2D eigenvalue weighted by Crippen LogP contribution is 2.37. The third-order valence-electron chi connectivity index (χ3n) is 9.12. The number of fused-ring (bicyclic) bond motifs is 1. The first-order valence-electron chi connectivity index (χ1n) is 15.1.